The Balaban J connectivity index is 1.44. The van der Waals surface area contributed by atoms with Crippen molar-refractivity contribution in [3.05, 3.63) is 156 Å². The van der Waals surface area contributed by atoms with Crippen LogP contribution in [0.4, 0.5) is 0 Å². The summed E-state index contributed by atoms with van der Waals surface area (Å²) in [4.78, 5) is 15.2. The number of para-hydroxylation sites is 2. The maximum atomic E-state index is 5.43. The lowest BCUT2D eigenvalue weighted by Gasteiger charge is -2.42. The van der Waals surface area contributed by atoms with Crippen LogP contribution in [0.5, 0.6) is 0 Å². The molecule has 3 aromatic heterocycles. The number of hydrogen-bond donors (Lipinski definition) is 0. The van der Waals surface area contributed by atoms with Crippen LogP contribution in [0.2, 0.25) is 0 Å². The molecule has 0 N–H and O–H groups in total. The minimum absolute atomic E-state index is 0.538. The third-order valence-electron chi connectivity index (χ3n) is 9.79. The number of fused-ring (bicyclic) bond motifs is 11. The van der Waals surface area contributed by atoms with E-state index in [1.165, 1.54) is 55.3 Å². The Bertz CT molecular complexity index is 2380. The first-order valence-corrected chi connectivity index (χ1v) is 15.3. The van der Waals surface area contributed by atoms with Crippen molar-refractivity contribution in [1.29, 1.82) is 0 Å². The second-order valence-corrected chi connectivity index (χ2v) is 11.9. The standard InChI is InChI=1S/C40H26N4/c1-2-11-26(12-3-1)39-42-36(25-21-23-41-24-22-25)35-37(43-39)29-14-4-6-16-30(29)40(35)31-17-7-9-20-34(31)44-33-19-8-5-13-27(33)28-15-10-18-32(40)38(28)44/h1-6,8-16,18-24H,7,17H2. The number of rotatable bonds is 2. The second kappa shape index (κ2) is 8.71. The van der Waals surface area contributed by atoms with Crippen LogP contribution >= 0.6 is 0 Å². The van der Waals surface area contributed by atoms with Gasteiger partial charge in [0.05, 0.1) is 27.8 Å². The Morgan fingerprint density at radius 3 is 2.30 bits per heavy atom. The van der Waals surface area contributed by atoms with Gasteiger partial charge in [0.1, 0.15) is 0 Å². The van der Waals surface area contributed by atoms with Crippen molar-refractivity contribution in [3.8, 4) is 33.9 Å². The SMILES string of the molecule is C1=CC2=C(CC1)C1(c3ccccc3-c3nc(-c4ccccc4)nc(-c4ccncc4)c31)c1cccc3c4ccccc4n2c13. The van der Waals surface area contributed by atoms with E-state index in [9.17, 15) is 0 Å². The van der Waals surface area contributed by atoms with Gasteiger partial charge in [-0.25, -0.2) is 9.97 Å². The van der Waals surface area contributed by atoms with Crippen LogP contribution in [0.3, 0.4) is 0 Å². The van der Waals surface area contributed by atoms with Gasteiger partial charge < -0.3 is 4.57 Å². The maximum absolute atomic E-state index is 5.43. The van der Waals surface area contributed by atoms with Crippen molar-refractivity contribution < 1.29 is 0 Å². The zero-order chi connectivity index (χ0) is 28.8. The number of nitrogens with zero attached hydrogens (tertiary/aromatic N) is 4. The van der Waals surface area contributed by atoms with Gasteiger partial charge in [-0.3, -0.25) is 4.98 Å². The van der Waals surface area contributed by atoms with Crippen molar-refractivity contribution in [2.24, 2.45) is 0 Å². The fourth-order valence-corrected chi connectivity index (χ4v) is 8.16. The molecule has 4 aromatic carbocycles. The van der Waals surface area contributed by atoms with Crippen LogP contribution in [-0.2, 0) is 5.41 Å². The van der Waals surface area contributed by atoms with Crippen LogP contribution in [0.1, 0.15) is 29.5 Å². The van der Waals surface area contributed by atoms with Gasteiger partial charge in [-0.2, -0.15) is 0 Å². The molecule has 0 saturated heterocycles. The number of allylic oxidation sites excluding steroid dienone is 4. The molecule has 1 aliphatic heterocycles. The van der Waals surface area contributed by atoms with Crippen molar-refractivity contribution >= 4 is 27.5 Å². The van der Waals surface area contributed by atoms with E-state index in [0.717, 1.165) is 41.2 Å². The predicted molar refractivity (Wildman–Crippen MR) is 177 cm³/mol. The van der Waals surface area contributed by atoms with Crippen LogP contribution in [0, 0.1) is 0 Å². The van der Waals surface area contributed by atoms with Crippen LogP contribution in [0.25, 0.3) is 61.4 Å². The first-order chi connectivity index (χ1) is 21.9. The van der Waals surface area contributed by atoms with Gasteiger partial charge in [-0.15, -0.1) is 0 Å². The Morgan fingerprint density at radius 1 is 0.636 bits per heavy atom. The van der Waals surface area contributed by atoms with Gasteiger partial charge in [-0.05, 0) is 53.8 Å². The minimum atomic E-state index is -0.538. The summed E-state index contributed by atoms with van der Waals surface area (Å²) in [5.74, 6) is 0.740. The number of pyridine rings is 1. The summed E-state index contributed by atoms with van der Waals surface area (Å²) in [5.41, 5.74) is 13.7. The van der Waals surface area contributed by atoms with Crippen molar-refractivity contribution in [3.63, 3.8) is 0 Å². The molecular formula is C40H26N4. The molecule has 0 bridgehead atoms. The molecule has 1 unspecified atom stereocenters. The first-order valence-electron chi connectivity index (χ1n) is 15.3. The van der Waals surface area contributed by atoms with E-state index in [4.69, 9.17) is 9.97 Å². The quantitative estimate of drug-likeness (QED) is 0.211. The van der Waals surface area contributed by atoms with Gasteiger partial charge in [0.2, 0.25) is 0 Å². The summed E-state index contributed by atoms with van der Waals surface area (Å²) in [5, 5.41) is 2.56. The molecule has 10 rings (SSSR count). The smallest absolute Gasteiger partial charge is 0.160 e. The molecule has 0 fully saturated rings. The highest BCUT2D eigenvalue weighted by Crippen LogP contribution is 2.63. The summed E-state index contributed by atoms with van der Waals surface area (Å²) in [6.07, 6.45) is 10.4. The number of benzene rings is 4. The summed E-state index contributed by atoms with van der Waals surface area (Å²) in [6.45, 7) is 0. The summed E-state index contributed by atoms with van der Waals surface area (Å²) in [6, 6.07) is 39.1. The lowest BCUT2D eigenvalue weighted by atomic mass is 9.62. The molecule has 1 atom stereocenters. The van der Waals surface area contributed by atoms with Crippen molar-refractivity contribution in [2.45, 2.75) is 18.3 Å². The topological polar surface area (TPSA) is 43.6 Å². The largest absolute Gasteiger partial charge is 0.309 e. The van der Waals surface area contributed by atoms with Gasteiger partial charge in [0.25, 0.3) is 0 Å². The Morgan fingerprint density at radius 2 is 1.39 bits per heavy atom. The maximum Gasteiger partial charge on any atom is 0.160 e. The van der Waals surface area contributed by atoms with Crippen LogP contribution in [0.15, 0.2) is 139 Å². The Kier molecular flexibility index (Phi) is 4.73. The Hall–Kier alpha value is -5.61. The predicted octanol–water partition coefficient (Wildman–Crippen LogP) is 9.20. The molecule has 4 nitrogen and oxygen atoms in total. The first kappa shape index (κ1) is 23.9. The molecule has 7 aromatic rings. The molecule has 2 aliphatic carbocycles. The third kappa shape index (κ3) is 2.90. The van der Waals surface area contributed by atoms with E-state index in [1.54, 1.807) is 0 Å². The van der Waals surface area contributed by atoms with E-state index < -0.39 is 5.41 Å². The fourth-order valence-electron chi connectivity index (χ4n) is 8.16. The fraction of sp³-hybridized carbons (Fsp3) is 0.0750. The van der Waals surface area contributed by atoms with Gasteiger partial charge in [0, 0.05) is 51.1 Å². The molecule has 1 spiro atoms. The average Bonchev–Trinajstić information content (AvgIpc) is 3.60. The highest BCUT2D eigenvalue weighted by atomic mass is 15.0. The molecule has 4 heteroatoms. The average molecular weight is 563 g/mol. The lowest BCUT2D eigenvalue weighted by Crippen LogP contribution is -2.35. The molecule has 0 amide bonds. The minimum Gasteiger partial charge on any atom is -0.309 e. The van der Waals surface area contributed by atoms with Crippen molar-refractivity contribution in [1.82, 2.24) is 19.5 Å². The van der Waals surface area contributed by atoms with E-state index in [1.807, 2.05) is 18.5 Å². The summed E-state index contributed by atoms with van der Waals surface area (Å²) in [7, 11) is 0. The van der Waals surface area contributed by atoms with E-state index in [0.29, 0.717) is 0 Å². The highest BCUT2D eigenvalue weighted by molar-refractivity contribution is 6.14. The molecule has 0 saturated carbocycles. The van der Waals surface area contributed by atoms with Crippen molar-refractivity contribution in [2.75, 3.05) is 0 Å². The van der Waals surface area contributed by atoms with E-state index >= 15 is 0 Å². The molecule has 0 radical (unpaired) electrons. The molecule has 44 heavy (non-hydrogen) atoms. The van der Waals surface area contributed by atoms with Gasteiger partial charge >= 0.3 is 0 Å². The summed E-state index contributed by atoms with van der Waals surface area (Å²) < 4.78 is 2.52. The molecular weight excluding hydrogens is 536 g/mol. The zero-order valence-corrected chi connectivity index (χ0v) is 23.9. The summed E-state index contributed by atoms with van der Waals surface area (Å²) >= 11 is 0. The highest BCUT2D eigenvalue weighted by Gasteiger charge is 2.54. The van der Waals surface area contributed by atoms with Gasteiger partial charge in [-0.1, -0.05) is 97.1 Å². The molecule has 3 aliphatic rings. The van der Waals surface area contributed by atoms with E-state index in [-0.39, 0.29) is 0 Å². The normalized spacial score (nSPS) is 17.7. The zero-order valence-electron chi connectivity index (χ0n) is 23.9. The van der Waals surface area contributed by atoms with E-state index in [2.05, 4.69) is 125 Å². The molecule has 4 heterocycles. The molecule has 206 valence electrons. The third-order valence-corrected chi connectivity index (χ3v) is 9.79. The van der Waals surface area contributed by atoms with Gasteiger partial charge in [0.15, 0.2) is 5.82 Å². The second-order valence-electron chi connectivity index (χ2n) is 11.9. The number of aromatic nitrogens is 4. The number of hydrogen-bond acceptors (Lipinski definition) is 3. The van der Waals surface area contributed by atoms with Crippen LogP contribution in [-0.4, -0.2) is 19.5 Å². The monoisotopic (exact) mass is 562 g/mol. The Labute approximate surface area is 254 Å². The van der Waals surface area contributed by atoms with Crippen LogP contribution < -0.4 is 0 Å². The lowest BCUT2D eigenvalue weighted by molar-refractivity contribution is 0.681.